The Bertz CT molecular complexity index is 182. The average molecular weight is 156 g/mol. The maximum atomic E-state index is 10.3. The summed E-state index contributed by atoms with van der Waals surface area (Å²) in [5, 5.41) is 8.44. The van der Waals surface area contributed by atoms with Crippen LogP contribution >= 0.6 is 0 Å². The molecule has 0 bridgehead atoms. The molecule has 0 saturated carbocycles. The van der Waals surface area contributed by atoms with E-state index in [1.165, 1.54) is 6.92 Å². The molecule has 0 spiro atoms. The molecule has 0 amide bonds. The van der Waals surface area contributed by atoms with Crippen molar-refractivity contribution in [1.29, 1.82) is 0 Å². The number of carboxylic acids is 1. The van der Waals surface area contributed by atoms with Crippen molar-refractivity contribution in [1.82, 2.24) is 0 Å². The molecule has 3 heteroatoms. The van der Waals surface area contributed by atoms with Gasteiger partial charge < -0.3 is 9.90 Å². The lowest BCUT2D eigenvalue weighted by Crippen LogP contribution is -1.99. The van der Waals surface area contributed by atoms with E-state index in [1.807, 2.05) is 0 Å². The maximum absolute atomic E-state index is 10.3. The fourth-order valence-corrected chi connectivity index (χ4v) is 0.718. The highest BCUT2D eigenvalue weighted by atomic mass is 16.4. The van der Waals surface area contributed by atoms with E-state index in [9.17, 15) is 9.59 Å². The first kappa shape index (κ1) is 9.88. The van der Waals surface area contributed by atoms with Crippen molar-refractivity contribution in [3.05, 3.63) is 11.6 Å². The van der Waals surface area contributed by atoms with Gasteiger partial charge in [-0.2, -0.15) is 0 Å². The van der Waals surface area contributed by atoms with Crippen molar-refractivity contribution in [3.8, 4) is 0 Å². The Labute approximate surface area is 65.7 Å². The van der Waals surface area contributed by atoms with Gasteiger partial charge in [-0.05, 0) is 12.8 Å². The monoisotopic (exact) mass is 156 g/mol. The molecule has 1 N–H and O–H groups in total. The number of hydrogen-bond acceptors (Lipinski definition) is 2. The fourth-order valence-electron chi connectivity index (χ4n) is 0.718. The summed E-state index contributed by atoms with van der Waals surface area (Å²) in [5.74, 6) is -0.911. The van der Waals surface area contributed by atoms with Crippen LogP contribution in [0.1, 0.15) is 20.3 Å². The highest BCUT2D eigenvalue weighted by Gasteiger charge is 2.02. The average Bonchev–Trinajstić information content (AvgIpc) is 1.87. The number of carbonyl (C=O) groups excluding carboxylic acids is 1. The van der Waals surface area contributed by atoms with Crippen LogP contribution < -0.4 is 0 Å². The summed E-state index contributed by atoms with van der Waals surface area (Å²) in [6.45, 7) is 3.32. The van der Waals surface area contributed by atoms with Gasteiger partial charge in [0, 0.05) is 12.0 Å². The lowest BCUT2D eigenvalue weighted by atomic mass is 10.1. The van der Waals surface area contributed by atoms with Crippen molar-refractivity contribution >= 4 is 12.3 Å². The molecule has 0 rings (SSSR count). The van der Waals surface area contributed by atoms with Gasteiger partial charge >= 0.3 is 5.97 Å². The molecule has 1 unspecified atom stereocenters. The van der Waals surface area contributed by atoms with Gasteiger partial charge in [-0.3, -0.25) is 0 Å². The van der Waals surface area contributed by atoms with E-state index in [0.29, 0.717) is 12.0 Å². The van der Waals surface area contributed by atoms with Crippen LogP contribution in [0.4, 0.5) is 0 Å². The number of carboxylic acid groups (broad SMARTS) is 1. The van der Waals surface area contributed by atoms with Gasteiger partial charge in [0.2, 0.25) is 0 Å². The van der Waals surface area contributed by atoms with Gasteiger partial charge in [-0.25, -0.2) is 4.79 Å². The minimum atomic E-state index is -0.928. The Hall–Kier alpha value is -1.12. The van der Waals surface area contributed by atoms with Crippen LogP contribution in [0.15, 0.2) is 11.6 Å². The molecule has 0 aromatic carbocycles. The molecule has 0 fully saturated rings. The van der Waals surface area contributed by atoms with Crippen LogP contribution in [0.5, 0.6) is 0 Å². The topological polar surface area (TPSA) is 54.4 Å². The number of rotatable bonds is 4. The molecule has 1 atom stereocenters. The van der Waals surface area contributed by atoms with E-state index in [4.69, 9.17) is 5.11 Å². The molecule has 0 aliphatic heterocycles. The van der Waals surface area contributed by atoms with Crippen LogP contribution in [-0.4, -0.2) is 17.4 Å². The summed E-state index contributed by atoms with van der Waals surface area (Å²) in [7, 11) is 0. The summed E-state index contributed by atoms with van der Waals surface area (Å²) in [5.41, 5.74) is 0.291. The smallest absolute Gasteiger partial charge is 0.330 e. The van der Waals surface area contributed by atoms with E-state index in [0.717, 1.165) is 6.29 Å². The zero-order valence-corrected chi connectivity index (χ0v) is 6.70. The highest BCUT2D eigenvalue weighted by Crippen LogP contribution is 2.05. The maximum Gasteiger partial charge on any atom is 0.330 e. The molecule has 62 valence electrons. The second-order valence-electron chi connectivity index (χ2n) is 2.53. The second kappa shape index (κ2) is 4.66. The first-order valence-corrected chi connectivity index (χ1v) is 3.43. The van der Waals surface area contributed by atoms with Gasteiger partial charge in [0.15, 0.2) is 0 Å². The molecule has 11 heavy (non-hydrogen) atoms. The molecule has 0 heterocycles. The Morgan fingerprint density at radius 1 is 1.64 bits per heavy atom. The van der Waals surface area contributed by atoms with Crippen molar-refractivity contribution in [3.63, 3.8) is 0 Å². The predicted molar refractivity (Wildman–Crippen MR) is 41.2 cm³/mol. The van der Waals surface area contributed by atoms with E-state index in [-0.39, 0.29) is 5.92 Å². The normalized spacial score (nSPS) is 14.2. The Balaban J connectivity index is 4.06. The summed E-state index contributed by atoms with van der Waals surface area (Å²) >= 11 is 0. The number of allylic oxidation sites excluding steroid dienone is 1. The van der Waals surface area contributed by atoms with E-state index in [2.05, 4.69) is 0 Å². The van der Waals surface area contributed by atoms with Crippen molar-refractivity contribution in [2.75, 3.05) is 0 Å². The third-order valence-corrected chi connectivity index (χ3v) is 1.34. The number of carbonyl (C=O) groups is 2. The first-order valence-electron chi connectivity index (χ1n) is 3.43. The van der Waals surface area contributed by atoms with Crippen LogP contribution in [0.3, 0.4) is 0 Å². The summed E-state index contributed by atoms with van der Waals surface area (Å²) in [6.07, 6.45) is 2.75. The summed E-state index contributed by atoms with van der Waals surface area (Å²) in [6, 6.07) is 0. The van der Waals surface area contributed by atoms with Crippen molar-refractivity contribution < 1.29 is 14.7 Å². The number of aliphatic carboxylic acids is 1. The quantitative estimate of drug-likeness (QED) is 0.492. The minimum Gasteiger partial charge on any atom is -0.478 e. The first-order chi connectivity index (χ1) is 5.07. The van der Waals surface area contributed by atoms with E-state index < -0.39 is 5.97 Å². The molecular formula is C8H12O3. The molecular weight excluding hydrogens is 144 g/mol. The Morgan fingerprint density at radius 2 is 2.18 bits per heavy atom. The van der Waals surface area contributed by atoms with E-state index in [1.54, 1.807) is 13.0 Å². The Morgan fingerprint density at radius 3 is 2.55 bits per heavy atom. The van der Waals surface area contributed by atoms with E-state index >= 15 is 0 Å². The minimum absolute atomic E-state index is 0.0172. The molecule has 0 radical (unpaired) electrons. The highest BCUT2D eigenvalue weighted by molar-refractivity contribution is 5.85. The summed E-state index contributed by atoms with van der Waals surface area (Å²) < 4.78 is 0. The lowest BCUT2D eigenvalue weighted by molar-refractivity contribution is -0.132. The van der Waals surface area contributed by atoms with Crippen LogP contribution in [-0.2, 0) is 9.59 Å². The van der Waals surface area contributed by atoms with Gasteiger partial charge in [0.25, 0.3) is 0 Å². The molecule has 0 aliphatic carbocycles. The standard InChI is InChI=1S/C8H12O3/c1-6(3-4-9)5-7(2)8(10)11/h4-6H,3H2,1-2H3,(H,10,11). The SMILES string of the molecule is CC(=CC(C)CC=O)C(=O)O. The number of hydrogen-bond donors (Lipinski definition) is 1. The van der Waals surface area contributed by atoms with Gasteiger partial charge in [0.05, 0.1) is 0 Å². The zero-order valence-electron chi connectivity index (χ0n) is 6.70. The third-order valence-electron chi connectivity index (χ3n) is 1.34. The van der Waals surface area contributed by atoms with Gasteiger partial charge in [-0.15, -0.1) is 0 Å². The fraction of sp³-hybridized carbons (Fsp3) is 0.500. The molecule has 0 aliphatic rings. The van der Waals surface area contributed by atoms with Crippen LogP contribution in [0.2, 0.25) is 0 Å². The molecule has 0 aromatic rings. The van der Waals surface area contributed by atoms with Crippen LogP contribution in [0.25, 0.3) is 0 Å². The third kappa shape index (κ3) is 4.31. The summed E-state index contributed by atoms with van der Waals surface area (Å²) in [4.78, 5) is 20.3. The van der Waals surface area contributed by atoms with Gasteiger partial charge in [-0.1, -0.05) is 13.0 Å². The van der Waals surface area contributed by atoms with Crippen LogP contribution in [0, 0.1) is 5.92 Å². The Kier molecular flexibility index (Phi) is 4.18. The molecule has 0 saturated heterocycles. The lowest BCUT2D eigenvalue weighted by Gasteiger charge is -1.99. The van der Waals surface area contributed by atoms with Gasteiger partial charge in [0.1, 0.15) is 6.29 Å². The largest absolute Gasteiger partial charge is 0.478 e. The van der Waals surface area contributed by atoms with Crippen molar-refractivity contribution in [2.24, 2.45) is 5.92 Å². The zero-order chi connectivity index (χ0) is 8.85. The second-order valence-corrected chi connectivity index (χ2v) is 2.53. The van der Waals surface area contributed by atoms with Crippen molar-refractivity contribution in [2.45, 2.75) is 20.3 Å². The molecule has 0 aromatic heterocycles. The molecule has 3 nitrogen and oxygen atoms in total. The predicted octanol–water partition coefficient (Wildman–Crippen LogP) is 1.24. The number of aldehydes is 1.